The zero-order chi connectivity index (χ0) is 18.4. The molecular formula is C16H24N4O4S. The van der Waals surface area contributed by atoms with E-state index >= 15 is 0 Å². The van der Waals surface area contributed by atoms with Gasteiger partial charge in [-0.25, -0.2) is 8.42 Å². The number of aryl methyl sites for hydroxylation is 1. The zero-order valence-corrected chi connectivity index (χ0v) is 15.8. The van der Waals surface area contributed by atoms with Gasteiger partial charge in [0.1, 0.15) is 5.75 Å². The fraction of sp³-hybridized carbons (Fsp3) is 0.500. The summed E-state index contributed by atoms with van der Waals surface area (Å²) in [6, 6.07) is 4.73. The molecule has 2 aromatic rings. The van der Waals surface area contributed by atoms with Crippen LogP contribution in [0.5, 0.6) is 5.75 Å². The van der Waals surface area contributed by atoms with Crippen LogP contribution in [0.4, 0.5) is 5.69 Å². The van der Waals surface area contributed by atoms with Crippen LogP contribution in [0.3, 0.4) is 0 Å². The van der Waals surface area contributed by atoms with E-state index in [1.165, 1.54) is 11.4 Å². The Labute approximate surface area is 148 Å². The summed E-state index contributed by atoms with van der Waals surface area (Å²) in [4.78, 5) is 0.208. The standard InChI is InChI=1S/C16H24N4O4S/c1-5-15-18-19-16(24-15)11-17-13-10-12(8-9-14(13)23-4)25(21,22)20(6-2)7-3/h8-10,17H,5-7,11H2,1-4H3. The fourth-order valence-electron chi connectivity index (χ4n) is 2.37. The summed E-state index contributed by atoms with van der Waals surface area (Å²) in [6.45, 7) is 6.65. The molecule has 0 saturated heterocycles. The molecule has 0 radical (unpaired) electrons. The second-order valence-corrected chi connectivity index (χ2v) is 7.19. The number of methoxy groups -OCH3 is 1. The molecule has 9 heteroatoms. The molecule has 0 aliphatic rings. The summed E-state index contributed by atoms with van der Waals surface area (Å²) >= 11 is 0. The highest BCUT2D eigenvalue weighted by Gasteiger charge is 2.23. The Morgan fingerprint density at radius 1 is 1.16 bits per heavy atom. The van der Waals surface area contributed by atoms with E-state index in [2.05, 4.69) is 15.5 Å². The third-order valence-corrected chi connectivity index (χ3v) is 5.80. The van der Waals surface area contributed by atoms with Gasteiger partial charge in [0.15, 0.2) is 0 Å². The number of hydrogen-bond donors (Lipinski definition) is 1. The van der Waals surface area contributed by atoms with Crippen LogP contribution in [0.15, 0.2) is 27.5 Å². The third kappa shape index (κ3) is 4.29. The number of ether oxygens (including phenoxy) is 1. The Bertz CT molecular complexity index is 800. The fourth-order valence-corrected chi connectivity index (χ4v) is 3.86. The smallest absolute Gasteiger partial charge is 0.243 e. The van der Waals surface area contributed by atoms with E-state index in [4.69, 9.17) is 9.15 Å². The number of aromatic nitrogens is 2. The minimum Gasteiger partial charge on any atom is -0.495 e. The monoisotopic (exact) mass is 368 g/mol. The van der Waals surface area contributed by atoms with Crippen molar-refractivity contribution in [3.05, 3.63) is 30.0 Å². The first-order valence-electron chi connectivity index (χ1n) is 8.19. The topological polar surface area (TPSA) is 97.6 Å². The minimum atomic E-state index is -3.55. The lowest BCUT2D eigenvalue weighted by molar-refractivity contribution is 0.415. The molecule has 0 unspecified atom stereocenters. The van der Waals surface area contributed by atoms with Crippen molar-refractivity contribution < 1.29 is 17.6 Å². The van der Waals surface area contributed by atoms with Crippen molar-refractivity contribution in [1.29, 1.82) is 0 Å². The van der Waals surface area contributed by atoms with Crippen LogP contribution in [0, 0.1) is 0 Å². The van der Waals surface area contributed by atoms with Crippen LogP contribution in [0.2, 0.25) is 0 Å². The number of hydrogen-bond acceptors (Lipinski definition) is 7. The molecule has 25 heavy (non-hydrogen) atoms. The molecule has 1 aromatic heterocycles. The molecule has 8 nitrogen and oxygen atoms in total. The Kier molecular flexibility index (Phi) is 6.38. The summed E-state index contributed by atoms with van der Waals surface area (Å²) < 4.78 is 37.5. The average Bonchev–Trinajstić information content (AvgIpc) is 3.08. The van der Waals surface area contributed by atoms with Gasteiger partial charge in [-0.15, -0.1) is 10.2 Å². The summed E-state index contributed by atoms with van der Waals surface area (Å²) in [6.07, 6.45) is 0.661. The Hall–Kier alpha value is -2.13. The molecule has 1 aromatic carbocycles. The lowest BCUT2D eigenvalue weighted by Crippen LogP contribution is -2.30. The summed E-state index contributed by atoms with van der Waals surface area (Å²) in [7, 11) is -2.02. The molecule has 0 amide bonds. The van der Waals surface area contributed by atoms with E-state index in [9.17, 15) is 8.42 Å². The predicted molar refractivity (Wildman–Crippen MR) is 94.1 cm³/mol. The Balaban J connectivity index is 2.27. The van der Waals surface area contributed by atoms with Gasteiger partial charge in [0, 0.05) is 19.5 Å². The molecule has 138 valence electrons. The second-order valence-electron chi connectivity index (χ2n) is 5.25. The summed E-state index contributed by atoms with van der Waals surface area (Å²) in [5.41, 5.74) is 0.548. The Morgan fingerprint density at radius 2 is 1.84 bits per heavy atom. The number of anilines is 1. The Morgan fingerprint density at radius 3 is 2.40 bits per heavy atom. The molecule has 0 atom stereocenters. The highest BCUT2D eigenvalue weighted by Crippen LogP contribution is 2.29. The minimum absolute atomic E-state index is 0.208. The van der Waals surface area contributed by atoms with E-state index in [0.29, 0.717) is 42.7 Å². The van der Waals surface area contributed by atoms with Gasteiger partial charge >= 0.3 is 0 Å². The number of sulfonamides is 1. The van der Waals surface area contributed by atoms with Gasteiger partial charge in [-0.1, -0.05) is 20.8 Å². The van der Waals surface area contributed by atoms with Crippen molar-refractivity contribution in [3.8, 4) is 5.75 Å². The third-order valence-electron chi connectivity index (χ3n) is 3.76. The van der Waals surface area contributed by atoms with Crippen LogP contribution in [0.1, 0.15) is 32.6 Å². The van der Waals surface area contributed by atoms with Crippen molar-refractivity contribution in [2.45, 2.75) is 38.6 Å². The largest absolute Gasteiger partial charge is 0.495 e. The van der Waals surface area contributed by atoms with Gasteiger partial charge in [-0.2, -0.15) is 4.31 Å². The van der Waals surface area contributed by atoms with Crippen LogP contribution in [-0.4, -0.2) is 43.1 Å². The first kappa shape index (κ1) is 19.2. The lowest BCUT2D eigenvalue weighted by atomic mass is 10.3. The molecular weight excluding hydrogens is 344 g/mol. The summed E-state index contributed by atoms with van der Waals surface area (Å²) in [5, 5.41) is 10.9. The number of rotatable bonds is 9. The highest BCUT2D eigenvalue weighted by atomic mass is 32.2. The van der Waals surface area contributed by atoms with Crippen LogP contribution in [0.25, 0.3) is 0 Å². The maximum absolute atomic E-state index is 12.7. The van der Waals surface area contributed by atoms with Gasteiger partial charge in [-0.05, 0) is 18.2 Å². The molecule has 1 heterocycles. The second kappa shape index (κ2) is 8.30. The van der Waals surface area contributed by atoms with E-state index in [0.717, 1.165) is 0 Å². The average molecular weight is 368 g/mol. The molecule has 0 aliphatic carbocycles. The van der Waals surface area contributed by atoms with Gasteiger partial charge in [0.25, 0.3) is 0 Å². The van der Waals surface area contributed by atoms with Crippen LogP contribution >= 0.6 is 0 Å². The SMILES string of the molecule is CCc1nnc(CNc2cc(S(=O)(=O)N(CC)CC)ccc2OC)o1. The molecule has 0 spiro atoms. The van der Waals surface area contributed by atoms with Crippen molar-refractivity contribution in [1.82, 2.24) is 14.5 Å². The number of benzene rings is 1. The quantitative estimate of drug-likeness (QED) is 0.725. The molecule has 2 rings (SSSR count). The van der Waals surface area contributed by atoms with Gasteiger partial charge < -0.3 is 14.5 Å². The van der Waals surface area contributed by atoms with E-state index in [1.807, 2.05) is 20.8 Å². The maximum atomic E-state index is 12.7. The highest BCUT2D eigenvalue weighted by molar-refractivity contribution is 7.89. The van der Waals surface area contributed by atoms with Crippen LogP contribution < -0.4 is 10.1 Å². The van der Waals surface area contributed by atoms with Crippen molar-refractivity contribution in [2.75, 3.05) is 25.5 Å². The van der Waals surface area contributed by atoms with Crippen molar-refractivity contribution in [2.24, 2.45) is 0 Å². The van der Waals surface area contributed by atoms with Gasteiger partial charge in [0.2, 0.25) is 21.8 Å². The molecule has 0 fully saturated rings. The molecule has 0 saturated carbocycles. The van der Waals surface area contributed by atoms with E-state index in [-0.39, 0.29) is 11.4 Å². The summed E-state index contributed by atoms with van der Waals surface area (Å²) in [5.74, 6) is 1.52. The zero-order valence-electron chi connectivity index (χ0n) is 14.9. The van der Waals surface area contributed by atoms with Crippen molar-refractivity contribution >= 4 is 15.7 Å². The van der Waals surface area contributed by atoms with Gasteiger partial charge in [-0.3, -0.25) is 0 Å². The maximum Gasteiger partial charge on any atom is 0.243 e. The van der Waals surface area contributed by atoms with E-state index < -0.39 is 10.0 Å². The molecule has 0 bridgehead atoms. The normalized spacial score (nSPS) is 11.7. The first-order chi connectivity index (χ1) is 12.0. The number of nitrogens with zero attached hydrogens (tertiary/aromatic N) is 3. The van der Waals surface area contributed by atoms with E-state index in [1.54, 1.807) is 18.2 Å². The van der Waals surface area contributed by atoms with Crippen LogP contribution in [-0.2, 0) is 23.0 Å². The first-order valence-corrected chi connectivity index (χ1v) is 9.63. The predicted octanol–water partition coefficient (Wildman–Crippen LogP) is 2.28. The lowest BCUT2D eigenvalue weighted by Gasteiger charge is -2.19. The van der Waals surface area contributed by atoms with Gasteiger partial charge in [0.05, 0.1) is 24.2 Å². The van der Waals surface area contributed by atoms with Crippen molar-refractivity contribution in [3.63, 3.8) is 0 Å². The molecule has 0 aliphatic heterocycles. The molecule has 1 N–H and O–H groups in total. The number of nitrogens with one attached hydrogen (secondary N) is 1.